The van der Waals surface area contributed by atoms with E-state index in [1.807, 2.05) is 0 Å². The molecule has 0 saturated carbocycles. The summed E-state index contributed by atoms with van der Waals surface area (Å²) >= 11 is 0. The molecule has 2 heteroatoms. The van der Waals surface area contributed by atoms with Crippen molar-refractivity contribution in [3.8, 4) is 0 Å². The fraction of sp³-hybridized carbons (Fsp3) is 1.00. The maximum atomic E-state index is 3.45. The highest BCUT2D eigenvalue weighted by atomic mass is 15.2. The van der Waals surface area contributed by atoms with E-state index < -0.39 is 0 Å². The summed E-state index contributed by atoms with van der Waals surface area (Å²) in [5, 5.41) is 3.45. The van der Waals surface area contributed by atoms with Gasteiger partial charge in [0, 0.05) is 18.6 Å². The molecule has 2 unspecified atom stereocenters. The summed E-state index contributed by atoms with van der Waals surface area (Å²) in [6.07, 6.45) is 2.75. The zero-order valence-electron chi connectivity index (χ0n) is 10.4. The van der Waals surface area contributed by atoms with E-state index in [4.69, 9.17) is 0 Å². The Kier molecular flexibility index (Phi) is 3.96. The Morgan fingerprint density at radius 1 is 1.43 bits per heavy atom. The van der Waals surface area contributed by atoms with Crippen LogP contribution in [0.1, 0.15) is 40.5 Å². The summed E-state index contributed by atoms with van der Waals surface area (Å²) in [5.74, 6) is 0. The Bertz CT molecular complexity index is 172. The monoisotopic (exact) mass is 198 g/mol. The van der Waals surface area contributed by atoms with Gasteiger partial charge >= 0.3 is 0 Å². The number of nitrogens with zero attached hydrogens (tertiary/aromatic N) is 1. The fourth-order valence-electron chi connectivity index (χ4n) is 2.30. The average molecular weight is 198 g/mol. The van der Waals surface area contributed by atoms with E-state index in [0.717, 1.165) is 6.04 Å². The second-order valence-electron chi connectivity index (χ2n) is 5.69. The molecular formula is C12H26N2. The fourth-order valence-corrected chi connectivity index (χ4v) is 2.30. The molecule has 1 fully saturated rings. The van der Waals surface area contributed by atoms with Crippen LogP contribution in [0.2, 0.25) is 0 Å². The summed E-state index contributed by atoms with van der Waals surface area (Å²) in [5.41, 5.74) is 0.358. The largest absolute Gasteiger partial charge is 0.315 e. The third-order valence-electron chi connectivity index (χ3n) is 3.50. The molecule has 0 radical (unpaired) electrons. The van der Waals surface area contributed by atoms with E-state index in [1.165, 1.54) is 25.9 Å². The van der Waals surface area contributed by atoms with Crippen molar-refractivity contribution in [3.63, 3.8) is 0 Å². The predicted molar refractivity (Wildman–Crippen MR) is 62.6 cm³/mol. The molecule has 1 aliphatic heterocycles. The van der Waals surface area contributed by atoms with Crippen molar-refractivity contribution in [3.05, 3.63) is 0 Å². The van der Waals surface area contributed by atoms with Crippen LogP contribution in [0.4, 0.5) is 0 Å². The van der Waals surface area contributed by atoms with Gasteiger partial charge in [-0.15, -0.1) is 0 Å². The number of likely N-dealkylation sites (tertiary alicyclic amines) is 1. The first-order valence-corrected chi connectivity index (χ1v) is 5.86. The third kappa shape index (κ3) is 2.96. The minimum Gasteiger partial charge on any atom is -0.315 e. The molecule has 0 aliphatic carbocycles. The maximum absolute atomic E-state index is 3.45. The van der Waals surface area contributed by atoms with Crippen LogP contribution < -0.4 is 5.32 Å². The highest BCUT2D eigenvalue weighted by molar-refractivity contribution is 4.86. The van der Waals surface area contributed by atoms with Gasteiger partial charge in [0.2, 0.25) is 0 Å². The van der Waals surface area contributed by atoms with Crippen LogP contribution in [0.5, 0.6) is 0 Å². The highest BCUT2D eigenvalue weighted by Crippen LogP contribution is 2.23. The van der Waals surface area contributed by atoms with Gasteiger partial charge in [0.25, 0.3) is 0 Å². The standard InChI is InChI=1S/C12H26N2/c1-10-7-6-8-14(10)9-11(13-5)12(2,3)4/h10-11,13H,6-9H2,1-5H3. The lowest BCUT2D eigenvalue weighted by Crippen LogP contribution is -2.47. The van der Waals surface area contributed by atoms with E-state index in [9.17, 15) is 0 Å². The molecule has 2 nitrogen and oxygen atoms in total. The molecule has 0 amide bonds. The second-order valence-corrected chi connectivity index (χ2v) is 5.69. The quantitative estimate of drug-likeness (QED) is 0.747. The van der Waals surface area contributed by atoms with Gasteiger partial charge in [-0.3, -0.25) is 4.90 Å². The summed E-state index contributed by atoms with van der Waals surface area (Å²) in [4.78, 5) is 2.62. The Hall–Kier alpha value is -0.0800. The predicted octanol–water partition coefficient (Wildman–Crippen LogP) is 2.10. The molecule has 14 heavy (non-hydrogen) atoms. The van der Waals surface area contributed by atoms with Crippen molar-refractivity contribution >= 4 is 0 Å². The van der Waals surface area contributed by atoms with Crippen molar-refractivity contribution in [1.82, 2.24) is 10.2 Å². The summed E-state index contributed by atoms with van der Waals surface area (Å²) in [7, 11) is 2.08. The first-order valence-electron chi connectivity index (χ1n) is 5.86. The Morgan fingerprint density at radius 3 is 2.43 bits per heavy atom. The molecule has 0 bridgehead atoms. The van der Waals surface area contributed by atoms with E-state index in [2.05, 4.69) is 45.0 Å². The van der Waals surface area contributed by atoms with Gasteiger partial charge in [-0.2, -0.15) is 0 Å². The molecule has 84 valence electrons. The van der Waals surface area contributed by atoms with Crippen LogP contribution in [0.15, 0.2) is 0 Å². The number of likely N-dealkylation sites (N-methyl/N-ethyl adjacent to an activating group) is 1. The molecule has 1 aliphatic rings. The average Bonchev–Trinajstić information content (AvgIpc) is 2.45. The van der Waals surface area contributed by atoms with Gasteiger partial charge < -0.3 is 5.32 Å². The van der Waals surface area contributed by atoms with Crippen molar-refractivity contribution in [2.45, 2.75) is 52.6 Å². The van der Waals surface area contributed by atoms with Gasteiger partial charge in [-0.05, 0) is 38.8 Å². The molecule has 1 N–H and O–H groups in total. The lowest BCUT2D eigenvalue weighted by molar-refractivity contribution is 0.175. The van der Waals surface area contributed by atoms with Crippen LogP contribution in [-0.4, -0.2) is 37.1 Å². The lowest BCUT2D eigenvalue weighted by Gasteiger charge is -2.35. The van der Waals surface area contributed by atoms with Crippen molar-refractivity contribution < 1.29 is 0 Å². The van der Waals surface area contributed by atoms with Crippen LogP contribution >= 0.6 is 0 Å². The highest BCUT2D eigenvalue weighted by Gasteiger charge is 2.28. The Morgan fingerprint density at radius 2 is 2.07 bits per heavy atom. The van der Waals surface area contributed by atoms with Crippen molar-refractivity contribution in [1.29, 1.82) is 0 Å². The smallest absolute Gasteiger partial charge is 0.0240 e. The molecule has 0 aromatic heterocycles. The first kappa shape index (κ1) is 12.0. The van der Waals surface area contributed by atoms with Crippen LogP contribution in [0.3, 0.4) is 0 Å². The normalized spacial score (nSPS) is 26.8. The van der Waals surface area contributed by atoms with Gasteiger partial charge in [-0.25, -0.2) is 0 Å². The number of hydrogen-bond acceptors (Lipinski definition) is 2. The van der Waals surface area contributed by atoms with Crippen molar-refractivity contribution in [2.24, 2.45) is 5.41 Å². The Labute approximate surface area is 89.1 Å². The summed E-state index contributed by atoms with van der Waals surface area (Å²) < 4.78 is 0. The van der Waals surface area contributed by atoms with E-state index >= 15 is 0 Å². The molecule has 0 spiro atoms. The molecule has 1 heterocycles. The van der Waals surface area contributed by atoms with Gasteiger partial charge in [0.1, 0.15) is 0 Å². The topological polar surface area (TPSA) is 15.3 Å². The zero-order valence-corrected chi connectivity index (χ0v) is 10.4. The zero-order chi connectivity index (χ0) is 10.8. The van der Waals surface area contributed by atoms with Gasteiger partial charge in [0.05, 0.1) is 0 Å². The van der Waals surface area contributed by atoms with Crippen molar-refractivity contribution in [2.75, 3.05) is 20.1 Å². The Balaban J connectivity index is 2.48. The molecule has 2 atom stereocenters. The van der Waals surface area contributed by atoms with E-state index in [1.54, 1.807) is 0 Å². The molecule has 1 saturated heterocycles. The number of nitrogens with one attached hydrogen (secondary N) is 1. The van der Waals surface area contributed by atoms with Crippen LogP contribution in [0.25, 0.3) is 0 Å². The number of rotatable bonds is 3. The van der Waals surface area contributed by atoms with Crippen LogP contribution in [0, 0.1) is 5.41 Å². The SMILES string of the molecule is CNC(CN1CCCC1C)C(C)(C)C. The maximum Gasteiger partial charge on any atom is 0.0240 e. The summed E-state index contributed by atoms with van der Waals surface area (Å²) in [6, 6.07) is 1.39. The second kappa shape index (κ2) is 4.63. The van der Waals surface area contributed by atoms with Gasteiger partial charge in [0.15, 0.2) is 0 Å². The van der Waals surface area contributed by atoms with E-state index in [0.29, 0.717) is 11.5 Å². The molecule has 0 aromatic rings. The molecular weight excluding hydrogens is 172 g/mol. The summed E-state index contributed by atoms with van der Waals surface area (Å²) in [6.45, 7) is 11.8. The number of hydrogen-bond donors (Lipinski definition) is 1. The first-order chi connectivity index (χ1) is 6.45. The van der Waals surface area contributed by atoms with E-state index in [-0.39, 0.29) is 0 Å². The third-order valence-corrected chi connectivity index (χ3v) is 3.50. The lowest BCUT2D eigenvalue weighted by atomic mass is 9.86. The van der Waals surface area contributed by atoms with Crippen LogP contribution in [-0.2, 0) is 0 Å². The molecule has 1 rings (SSSR count). The minimum absolute atomic E-state index is 0.358. The minimum atomic E-state index is 0.358. The van der Waals surface area contributed by atoms with Gasteiger partial charge in [-0.1, -0.05) is 20.8 Å². The molecule has 0 aromatic carbocycles.